The lowest BCUT2D eigenvalue weighted by Crippen LogP contribution is -2.57. The summed E-state index contributed by atoms with van der Waals surface area (Å²) in [6.45, 7) is 5.70. The minimum absolute atomic E-state index is 0.00480. The van der Waals surface area contributed by atoms with Crippen LogP contribution >= 0.6 is 0 Å². The third-order valence-corrected chi connectivity index (χ3v) is 7.92. The average Bonchev–Trinajstić information content (AvgIpc) is 3.60. The molecule has 12 nitrogen and oxygen atoms in total. The highest BCUT2D eigenvalue weighted by molar-refractivity contribution is 5.93. The van der Waals surface area contributed by atoms with Gasteiger partial charge in [-0.3, -0.25) is 14.4 Å². The van der Waals surface area contributed by atoms with Crippen LogP contribution < -0.4 is 16.0 Å². The molecule has 12 heteroatoms. The maximum atomic E-state index is 14.1. The fourth-order valence-corrected chi connectivity index (χ4v) is 5.54. The molecular weight excluding hydrogens is 626 g/mol. The molecule has 1 heterocycles. The number of ether oxygens (including phenoxy) is 2. The van der Waals surface area contributed by atoms with Crippen molar-refractivity contribution in [2.24, 2.45) is 5.92 Å². The molecule has 0 bridgehead atoms. The van der Waals surface area contributed by atoms with Crippen LogP contribution in [-0.2, 0) is 43.3 Å². The van der Waals surface area contributed by atoms with Crippen LogP contribution in [0.4, 0.5) is 4.79 Å². The standard InChI is InChI=1S/C37H45N5O7/c1-4-48-34(44)20-33(43)30(17-24(2)3)40-36(46)32(19-28-21-38-23-39-28)41-35(45)31(42-37(47)49-22-25-11-6-5-7-12-25)18-27-15-10-14-26-13-8-9-16-29(26)27/h5-16,21,23-24,30-33,43H,4,17-20,22H2,1-3H3,(H,38,39)(H,40,46)(H,41,45)(H,42,47)/t30?,31-,32+,33?/m0/s1. The summed E-state index contributed by atoms with van der Waals surface area (Å²) in [6, 6.07) is 19.6. The van der Waals surface area contributed by atoms with E-state index >= 15 is 0 Å². The molecule has 0 aliphatic rings. The molecule has 0 fully saturated rings. The van der Waals surface area contributed by atoms with Crippen molar-refractivity contribution < 1.29 is 33.8 Å². The third kappa shape index (κ3) is 11.5. The number of carbonyl (C=O) groups excluding carboxylic acids is 4. The van der Waals surface area contributed by atoms with Crippen molar-refractivity contribution in [3.63, 3.8) is 0 Å². The summed E-state index contributed by atoms with van der Waals surface area (Å²) >= 11 is 0. The number of aromatic nitrogens is 2. The monoisotopic (exact) mass is 671 g/mol. The van der Waals surface area contributed by atoms with Crippen molar-refractivity contribution in [2.75, 3.05) is 6.61 Å². The average molecular weight is 672 g/mol. The van der Waals surface area contributed by atoms with Crippen LogP contribution in [0.3, 0.4) is 0 Å². The zero-order chi connectivity index (χ0) is 35.2. The van der Waals surface area contributed by atoms with Crippen molar-refractivity contribution in [1.82, 2.24) is 25.9 Å². The van der Waals surface area contributed by atoms with E-state index in [9.17, 15) is 24.3 Å². The van der Waals surface area contributed by atoms with E-state index in [2.05, 4.69) is 25.9 Å². The van der Waals surface area contributed by atoms with E-state index in [0.29, 0.717) is 12.1 Å². The summed E-state index contributed by atoms with van der Waals surface area (Å²) in [7, 11) is 0. The van der Waals surface area contributed by atoms with Gasteiger partial charge < -0.3 is 35.5 Å². The Morgan fingerprint density at radius 1 is 0.837 bits per heavy atom. The number of nitrogens with one attached hydrogen (secondary N) is 4. The van der Waals surface area contributed by atoms with Gasteiger partial charge in [0.2, 0.25) is 11.8 Å². The molecule has 0 aliphatic heterocycles. The number of aliphatic hydroxyl groups is 1. The number of aromatic amines is 1. The first-order valence-electron chi connectivity index (χ1n) is 16.5. The van der Waals surface area contributed by atoms with Crippen molar-refractivity contribution in [1.29, 1.82) is 0 Å². The number of aliphatic hydroxyl groups excluding tert-OH is 1. The largest absolute Gasteiger partial charge is 0.466 e. The summed E-state index contributed by atoms with van der Waals surface area (Å²) in [5, 5.41) is 21.2. The molecule has 4 atom stereocenters. The number of H-pyrrole nitrogens is 1. The zero-order valence-corrected chi connectivity index (χ0v) is 28.1. The van der Waals surface area contributed by atoms with Crippen LogP contribution in [-0.4, -0.2) is 69.8 Å². The van der Waals surface area contributed by atoms with Gasteiger partial charge in [0.1, 0.15) is 18.7 Å². The molecule has 3 amide bonds. The molecule has 5 N–H and O–H groups in total. The normalized spacial score (nSPS) is 13.6. The Bertz CT molecular complexity index is 1660. The first kappa shape index (κ1) is 36.6. The van der Waals surface area contributed by atoms with Crippen LogP contribution in [0.1, 0.15) is 50.4 Å². The SMILES string of the molecule is CCOC(=O)CC(O)C(CC(C)C)NC(=O)[C@@H](Cc1c[nH]cn1)NC(=O)[C@H](Cc1cccc2ccccc12)NC(=O)OCc1ccccc1. The van der Waals surface area contributed by atoms with Gasteiger partial charge in [0.15, 0.2) is 0 Å². The van der Waals surface area contributed by atoms with Crippen molar-refractivity contribution in [2.45, 2.75) is 77.3 Å². The fourth-order valence-electron chi connectivity index (χ4n) is 5.54. The number of hydrogen-bond acceptors (Lipinski definition) is 8. The van der Waals surface area contributed by atoms with Gasteiger partial charge in [0.25, 0.3) is 0 Å². The van der Waals surface area contributed by atoms with Gasteiger partial charge in [0.05, 0.1) is 37.2 Å². The van der Waals surface area contributed by atoms with Gasteiger partial charge in [-0.05, 0) is 41.2 Å². The maximum absolute atomic E-state index is 14.1. The highest BCUT2D eigenvalue weighted by atomic mass is 16.5. The molecule has 260 valence electrons. The van der Waals surface area contributed by atoms with Crippen molar-refractivity contribution in [3.8, 4) is 0 Å². The van der Waals surface area contributed by atoms with Gasteiger partial charge in [-0.1, -0.05) is 86.6 Å². The van der Waals surface area contributed by atoms with E-state index in [1.807, 2.05) is 86.6 Å². The van der Waals surface area contributed by atoms with Gasteiger partial charge >= 0.3 is 12.1 Å². The number of nitrogens with zero attached hydrogens (tertiary/aromatic N) is 1. The summed E-state index contributed by atoms with van der Waals surface area (Å²) in [4.78, 5) is 60.2. The number of imidazole rings is 1. The second-order valence-electron chi connectivity index (χ2n) is 12.2. The van der Waals surface area contributed by atoms with Crippen molar-refractivity contribution in [3.05, 3.63) is 102 Å². The summed E-state index contributed by atoms with van der Waals surface area (Å²) in [5.74, 6) is -1.72. The number of benzene rings is 3. The Balaban J connectivity index is 1.57. The van der Waals surface area contributed by atoms with Crippen LogP contribution in [0.2, 0.25) is 0 Å². The van der Waals surface area contributed by atoms with Crippen LogP contribution in [0.25, 0.3) is 10.8 Å². The number of esters is 1. The van der Waals surface area contributed by atoms with E-state index < -0.39 is 48.1 Å². The fraction of sp³-hybridized carbons (Fsp3) is 0.378. The topological polar surface area (TPSA) is 172 Å². The van der Waals surface area contributed by atoms with Crippen LogP contribution in [0, 0.1) is 5.92 Å². The van der Waals surface area contributed by atoms with Crippen LogP contribution in [0.15, 0.2) is 85.3 Å². The number of alkyl carbamates (subject to hydrolysis) is 1. The smallest absolute Gasteiger partial charge is 0.408 e. The first-order valence-corrected chi connectivity index (χ1v) is 16.5. The number of rotatable bonds is 17. The predicted octanol–water partition coefficient (Wildman–Crippen LogP) is 3.97. The Labute approximate surface area is 286 Å². The van der Waals surface area contributed by atoms with Gasteiger partial charge in [0, 0.05) is 19.0 Å². The lowest BCUT2D eigenvalue weighted by molar-refractivity contribution is -0.146. The first-order chi connectivity index (χ1) is 23.6. The molecular formula is C37H45N5O7. The molecule has 49 heavy (non-hydrogen) atoms. The maximum Gasteiger partial charge on any atom is 0.408 e. The minimum atomic E-state index is -1.22. The Hall–Kier alpha value is -5.23. The number of amides is 3. The lowest BCUT2D eigenvalue weighted by atomic mass is 9.96. The minimum Gasteiger partial charge on any atom is -0.466 e. The van der Waals surface area contributed by atoms with E-state index in [0.717, 1.165) is 21.9 Å². The Kier molecular flexibility index (Phi) is 13.7. The second-order valence-corrected chi connectivity index (χ2v) is 12.2. The molecule has 4 aromatic rings. The molecule has 0 saturated carbocycles. The van der Waals surface area contributed by atoms with Crippen molar-refractivity contribution >= 4 is 34.6 Å². The number of fused-ring (bicyclic) bond motifs is 1. The Morgan fingerprint density at radius 2 is 1.53 bits per heavy atom. The lowest BCUT2D eigenvalue weighted by Gasteiger charge is -2.28. The van der Waals surface area contributed by atoms with Gasteiger partial charge in [-0.15, -0.1) is 0 Å². The van der Waals surface area contributed by atoms with E-state index in [1.54, 1.807) is 13.1 Å². The quantitative estimate of drug-likeness (QED) is 0.105. The molecule has 0 saturated heterocycles. The van der Waals surface area contributed by atoms with E-state index in [-0.39, 0.29) is 38.4 Å². The molecule has 0 aliphatic carbocycles. The molecule has 2 unspecified atom stereocenters. The van der Waals surface area contributed by atoms with E-state index in [4.69, 9.17) is 9.47 Å². The summed E-state index contributed by atoms with van der Waals surface area (Å²) in [6.07, 6.45) is 1.26. The Morgan fingerprint density at radius 3 is 2.24 bits per heavy atom. The van der Waals surface area contributed by atoms with Gasteiger partial charge in [-0.25, -0.2) is 9.78 Å². The highest BCUT2D eigenvalue weighted by Gasteiger charge is 2.32. The second kappa shape index (κ2) is 18.3. The number of carbonyl (C=O) groups is 4. The highest BCUT2D eigenvalue weighted by Crippen LogP contribution is 2.20. The summed E-state index contributed by atoms with van der Waals surface area (Å²) in [5.41, 5.74) is 2.10. The molecule has 0 radical (unpaired) electrons. The van der Waals surface area contributed by atoms with Gasteiger partial charge in [-0.2, -0.15) is 0 Å². The molecule has 3 aromatic carbocycles. The van der Waals surface area contributed by atoms with E-state index in [1.165, 1.54) is 6.33 Å². The number of hydrogen-bond donors (Lipinski definition) is 5. The van der Waals surface area contributed by atoms with Crippen LogP contribution in [0.5, 0.6) is 0 Å². The molecule has 0 spiro atoms. The third-order valence-electron chi connectivity index (χ3n) is 7.92. The summed E-state index contributed by atoms with van der Waals surface area (Å²) < 4.78 is 10.4. The molecule has 1 aromatic heterocycles. The predicted molar refractivity (Wildman–Crippen MR) is 184 cm³/mol. The molecule has 4 rings (SSSR count). The zero-order valence-electron chi connectivity index (χ0n) is 28.1.